The van der Waals surface area contributed by atoms with Gasteiger partial charge < -0.3 is 4.90 Å². The first-order chi connectivity index (χ1) is 14.5. The fraction of sp³-hybridized carbons (Fsp3) is 0.238. The van der Waals surface area contributed by atoms with E-state index in [1.807, 2.05) is 25.1 Å². The second kappa shape index (κ2) is 6.87. The van der Waals surface area contributed by atoms with E-state index in [1.165, 1.54) is 4.90 Å². The predicted octanol–water partition coefficient (Wildman–Crippen LogP) is 1.40. The summed E-state index contributed by atoms with van der Waals surface area (Å²) in [5.74, 6) is -0.949. The van der Waals surface area contributed by atoms with Gasteiger partial charge in [-0.2, -0.15) is 0 Å². The average Bonchev–Trinajstić information content (AvgIpc) is 3.34. The monoisotopic (exact) mass is 402 g/mol. The van der Waals surface area contributed by atoms with Crippen molar-refractivity contribution in [2.24, 2.45) is 0 Å². The topological polar surface area (TPSA) is 110 Å². The van der Waals surface area contributed by atoms with Crippen molar-refractivity contribution in [1.29, 1.82) is 0 Å². The van der Waals surface area contributed by atoms with Gasteiger partial charge in [0.25, 0.3) is 5.91 Å². The highest BCUT2D eigenvalue weighted by Crippen LogP contribution is 2.31. The van der Waals surface area contributed by atoms with Crippen LogP contribution in [-0.2, 0) is 16.1 Å². The number of imide groups is 1. The summed E-state index contributed by atoms with van der Waals surface area (Å²) < 4.78 is 1.63. The Morgan fingerprint density at radius 1 is 1.13 bits per heavy atom. The summed E-state index contributed by atoms with van der Waals surface area (Å²) in [6.45, 7) is 2.19. The Balaban J connectivity index is 1.47. The molecule has 1 unspecified atom stereocenters. The summed E-state index contributed by atoms with van der Waals surface area (Å²) in [5, 5.41) is 10.8. The fourth-order valence-electron chi connectivity index (χ4n) is 3.92. The largest absolute Gasteiger partial charge is 0.322 e. The van der Waals surface area contributed by atoms with Crippen molar-refractivity contribution in [2.45, 2.75) is 32.4 Å². The van der Waals surface area contributed by atoms with Crippen LogP contribution >= 0.6 is 0 Å². The maximum absolute atomic E-state index is 13.0. The van der Waals surface area contributed by atoms with Gasteiger partial charge in [0.15, 0.2) is 0 Å². The number of hydrogen-bond acceptors (Lipinski definition) is 6. The Labute approximate surface area is 171 Å². The van der Waals surface area contributed by atoms with Gasteiger partial charge in [-0.3, -0.25) is 24.7 Å². The highest BCUT2D eigenvalue weighted by atomic mass is 16.2. The smallest absolute Gasteiger partial charge is 0.255 e. The molecule has 9 heteroatoms. The van der Waals surface area contributed by atoms with Crippen molar-refractivity contribution in [3.63, 3.8) is 0 Å². The number of pyridine rings is 1. The van der Waals surface area contributed by atoms with Crippen molar-refractivity contribution in [3.8, 4) is 16.9 Å². The van der Waals surface area contributed by atoms with Crippen molar-refractivity contribution in [2.75, 3.05) is 0 Å². The molecule has 5 rings (SSSR count). The molecule has 30 heavy (non-hydrogen) atoms. The zero-order chi connectivity index (χ0) is 20.8. The molecule has 3 aromatic rings. The Kier molecular flexibility index (Phi) is 4.16. The van der Waals surface area contributed by atoms with E-state index in [9.17, 15) is 14.4 Å². The lowest BCUT2D eigenvalue weighted by Gasteiger charge is -2.29. The number of nitrogens with zero attached hydrogens (tertiary/aromatic N) is 5. The van der Waals surface area contributed by atoms with E-state index in [1.54, 1.807) is 29.2 Å². The molecular formula is C21H18N6O3. The van der Waals surface area contributed by atoms with E-state index < -0.39 is 11.9 Å². The fourth-order valence-corrected chi connectivity index (χ4v) is 3.92. The van der Waals surface area contributed by atoms with Gasteiger partial charge >= 0.3 is 0 Å². The summed E-state index contributed by atoms with van der Waals surface area (Å²) in [4.78, 5) is 42.5. The van der Waals surface area contributed by atoms with Crippen LogP contribution in [0.5, 0.6) is 0 Å². The van der Waals surface area contributed by atoms with Gasteiger partial charge in [0, 0.05) is 41.5 Å². The van der Waals surface area contributed by atoms with E-state index in [0.29, 0.717) is 17.7 Å². The minimum Gasteiger partial charge on any atom is -0.322 e. The first kappa shape index (κ1) is 18.2. The molecule has 1 N–H and O–H groups in total. The first-order valence-electron chi connectivity index (χ1n) is 9.63. The van der Waals surface area contributed by atoms with Crippen LogP contribution in [0, 0.1) is 6.92 Å². The number of piperidine rings is 1. The molecule has 1 fully saturated rings. The van der Waals surface area contributed by atoms with Crippen LogP contribution in [0.2, 0.25) is 0 Å². The Morgan fingerprint density at radius 2 is 2.00 bits per heavy atom. The Hall–Kier alpha value is -3.88. The van der Waals surface area contributed by atoms with Gasteiger partial charge in [-0.05, 0) is 37.6 Å². The number of carbonyl (C=O) groups excluding carboxylic acids is 3. The molecule has 9 nitrogen and oxygen atoms in total. The highest BCUT2D eigenvalue weighted by Gasteiger charge is 2.40. The molecule has 1 atom stereocenters. The highest BCUT2D eigenvalue weighted by molar-refractivity contribution is 6.05. The van der Waals surface area contributed by atoms with Gasteiger partial charge in [-0.25, -0.2) is 4.68 Å². The molecule has 2 aromatic heterocycles. The van der Waals surface area contributed by atoms with Crippen molar-refractivity contribution < 1.29 is 14.4 Å². The number of carbonyl (C=O) groups is 3. The average molecular weight is 402 g/mol. The number of amides is 3. The Bertz CT molecular complexity index is 1180. The number of aryl methyl sites for hydroxylation is 1. The maximum atomic E-state index is 13.0. The quantitative estimate of drug-likeness (QED) is 0.663. The molecule has 0 radical (unpaired) electrons. The molecule has 3 amide bonds. The number of fused-ring (bicyclic) bond motifs is 1. The molecule has 1 aromatic carbocycles. The third-order valence-electron chi connectivity index (χ3n) is 5.50. The van der Waals surface area contributed by atoms with Gasteiger partial charge in [0.1, 0.15) is 11.7 Å². The van der Waals surface area contributed by atoms with Crippen LogP contribution in [0.15, 0.2) is 42.7 Å². The molecule has 2 aliphatic rings. The van der Waals surface area contributed by atoms with Crippen LogP contribution < -0.4 is 5.32 Å². The predicted molar refractivity (Wildman–Crippen MR) is 105 cm³/mol. The molecule has 0 aliphatic carbocycles. The minimum atomic E-state index is -0.652. The lowest BCUT2D eigenvalue weighted by atomic mass is 10.0. The summed E-state index contributed by atoms with van der Waals surface area (Å²) in [6.07, 6.45) is 4.09. The SMILES string of the molecule is Cc1ccc(-c2cn(-c3cccc4c3CN(C3CCC(=O)NC3=O)C4=O)nn2)cn1. The number of hydrogen-bond donors (Lipinski definition) is 1. The van der Waals surface area contributed by atoms with Crippen LogP contribution in [0.1, 0.15) is 34.5 Å². The third kappa shape index (κ3) is 2.95. The molecule has 150 valence electrons. The summed E-state index contributed by atoms with van der Waals surface area (Å²) in [5.41, 5.74) is 4.48. The van der Waals surface area contributed by atoms with Crippen LogP contribution in [-0.4, -0.2) is 48.6 Å². The second-order valence-corrected chi connectivity index (χ2v) is 7.44. The zero-order valence-electron chi connectivity index (χ0n) is 16.2. The number of benzene rings is 1. The zero-order valence-corrected chi connectivity index (χ0v) is 16.2. The van der Waals surface area contributed by atoms with Crippen LogP contribution in [0.25, 0.3) is 16.9 Å². The summed E-state index contributed by atoms with van der Waals surface area (Å²) in [6, 6.07) is 8.58. The minimum absolute atomic E-state index is 0.218. The molecule has 1 saturated heterocycles. The molecule has 4 heterocycles. The Morgan fingerprint density at radius 3 is 2.77 bits per heavy atom. The third-order valence-corrected chi connectivity index (χ3v) is 5.50. The van der Waals surface area contributed by atoms with Crippen molar-refractivity contribution in [1.82, 2.24) is 30.2 Å². The van der Waals surface area contributed by atoms with E-state index in [4.69, 9.17) is 0 Å². The van der Waals surface area contributed by atoms with Crippen molar-refractivity contribution in [3.05, 3.63) is 59.5 Å². The number of nitrogens with one attached hydrogen (secondary N) is 1. The molecule has 0 spiro atoms. The lowest BCUT2D eigenvalue weighted by Crippen LogP contribution is -2.52. The molecule has 0 bridgehead atoms. The number of aromatic nitrogens is 4. The summed E-state index contributed by atoms with van der Waals surface area (Å²) >= 11 is 0. The number of rotatable bonds is 3. The standard InChI is InChI=1S/C21H18N6O3/c1-12-5-6-13(9-22-12)16-11-27(25-24-16)17-4-2-3-14-15(17)10-26(21(14)30)18-7-8-19(28)23-20(18)29/h2-6,9,11,18H,7-8,10H2,1H3,(H,23,28,29). The summed E-state index contributed by atoms with van der Waals surface area (Å²) in [7, 11) is 0. The van der Waals surface area contributed by atoms with Crippen LogP contribution in [0.3, 0.4) is 0 Å². The lowest BCUT2D eigenvalue weighted by molar-refractivity contribution is -0.136. The first-order valence-corrected chi connectivity index (χ1v) is 9.63. The van der Waals surface area contributed by atoms with E-state index in [2.05, 4.69) is 20.6 Å². The van der Waals surface area contributed by atoms with E-state index >= 15 is 0 Å². The molecule has 2 aliphatic heterocycles. The van der Waals surface area contributed by atoms with E-state index in [-0.39, 0.29) is 24.8 Å². The van der Waals surface area contributed by atoms with Gasteiger partial charge in [0.05, 0.1) is 11.9 Å². The maximum Gasteiger partial charge on any atom is 0.255 e. The van der Waals surface area contributed by atoms with Gasteiger partial charge in [0.2, 0.25) is 11.8 Å². The van der Waals surface area contributed by atoms with Crippen molar-refractivity contribution >= 4 is 17.7 Å². The van der Waals surface area contributed by atoms with Crippen LogP contribution in [0.4, 0.5) is 0 Å². The van der Waals surface area contributed by atoms with Gasteiger partial charge in [-0.15, -0.1) is 5.10 Å². The molecule has 0 saturated carbocycles. The molecular weight excluding hydrogens is 384 g/mol. The van der Waals surface area contributed by atoms with Gasteiger partial charge in [-0.1, -0.05) is 11.3 Å². The normalized spacial score (nSPS) is 18.5. The second-order valence-electron chi connectivity index (χ2n) is 7.44. The van der Waals surface area contributed by atoms with E-state index in [0.717, 1.165) is 22.5 Å².